The average molecular weight is 610 g/mol. The molecule has 236 valence electrons. The summed E-state index contributed by atoms with van der Waals surface area (Å²) < 4.78 is 10.8. The van der Waals surface area contributed by atoms with E-state index in [2.05, 4.69) is 10.7 Å². The number of carbonyl (C=O) groups is 3. The Hall–Kier alpha value is -4.59. The van der Waals surface area contributed by atoms with Crippen LogP contribution < -0.4 is 10.7 Å². The zero-order valence-electron chi connectivity index (χ0n) is 26.6. The van der Waals surface area contributed by atoms with E-state index in [1.54, 1.807) is 0 Å². The molecule has 1 saturated carbocycles. The van der Waals surface area contributed by atoms with Crippen molar-refractivity contribution in [3.8, 4) is 0 Å². The summed E-state index contributed by atoms with van der Waals surface area (Å²) in [6.45, 7) is 7.88. The highest BCUT2D eigenvalue weighted by molar-refractivity contribution is 5.97. The molecule has 0 saturated heterocycles. The van der Waals surface area contributed by atoms with Crippen molar-refractivity contribution in [2.75, 3.05) is 5.32 Å². The van der Waals surface area contributed by atoms with Crippen molar-refractivity contribution in [2.45, 2.75) is 84.3 Å². The number of hydrogen-bond acceptors (Lipinski definition) is 6. The highest BCUT2D eigenvalue weighted by atomic mass is 16.6. The molecule has 1 atom stereocenters. The maximum atomic E-state index is 13.9. The first-order valence-corrected chi connectivity index (χ1v) is 15.8. The van der Waals surface area contributed by atoms with Gasteiger partial charge in [0.1, 0.15) is 11.9 Å². The summed E-state index contributed by atoms with van der Waals surface area (Å²) in [6.07, 6.45) is 6.02. The molecule has 2 amide bonds. The average Bonchev–Trinajstić information content (AvgIpc) is 3.54. The van der Waals surface area contributed by atoms with Gasteiger partial charge in [0, 0.05) is 17.7 Å². The third-order valence-electron chi connectivity index (χ3n) is 8.39. The number of benzene rings is 3. The molecule has 8 heteroatoms. The van der Waals surface area contributed by atoms with Gasteiger partial charge in [-0.2, -0.15) is 0 Å². The minimum atomic E-state index is -0.519. The summed E-state index contributed by atoms with van der Waals surface area (Å²) in [5, 5.41) is 4.66. The van der Waals surface area contributed by atoms with Gasteiger partial charge in [0.15, 0.2) is 0 Å². The number of nitrogens with zero attached hydrogens (tertiary/aromatic N) is 1. The third-order valence-corrected chi connectivity index (χ3v) is 8.39. The number of esters is 1. The summed E-state index contributed by atoms with van der Waals surface area (Å²) >= 11 is 0. The van der Waals surface area contributed by atoms with Crippen LogP contribution in [0.1, 0.15) is 86.6 Å². The molecule has 1 heterocycles. The van der Waals surface area contributed by atoms with E-state index in [0.29, 0.717) is 18.7 Å². The molecule has 1 aliphatic heterocycles. The van der Waals surface area contributed by atoms with Crippen molar-refractivity contribution < 1.29 is 23.9 Å². The highest BCUT2D eigenvalue weighted by Gasteiger charge is 2.32. The Kier molecular flexibility index (Phi) is 9.91. The lowest BCUT2D eigenvalue weighted by molar-refractivity contribution is -0.154. The molecule has 3 aromatic rings. The van der Waals surface area contributed by atoms with E-state index in [9.17, 15) is 14.4 Å². The van der Waals surface area contributed by atoms with E-state index < -0.39 is 11.7 Å². The van der Waals surface area contributed by atoms with Crippen LogP contribution in [0.3, 0.4) is 0 Å². The smallest absolute Gasteiger partial charge is 0.433 e. The number of cyclic esters (lactones) is 1. The second-order valence-corrected chi connectivity index (χ2v) is 12.9. The van der Waals surface area contributed by atoms with Gasteiger partial charge in [-0.15, -0.1) is 0 Å². The lowest BCUT2D eigenvalue weighted by Gasteiger charge is -2.28. The molecule has 1 aliphatic carbocycles. The molecule has 0 aromatic heterocycles. The molecule has 1 fully saturated rings. The van der Waals surface area contributed by atoms with E-state index in [1.165, 1.54) is 11.3 Å². The predicted molar refractivity (Wildman–Crippen MR) is 175 cm³/mol. The lowest BCUT2D eigenvalue weighted by atomic mass is 9.83. The summed E-state index contributed by atoms with van der Waals surface area (Å²) in [7, 11) is 0. The summed E-state index contributed by atoms with van der Waals surface area (Å²) in [4.78, 5) is 38.7. The fourth-order valence-corrected chi connectivity index (χ4v) is 6.12. The second-order valence-electron chi connectivity index (χ2n) is 12.9. The Labute approximate surface area is 265 Å². The van der Waals surface area contributed by atoms with E-state index in [1.807, 2.05) is 100 Å². The number of carbonyl (C=O) groups excluding carboxylic acids is 3. The van der Waals surface area contributed by atoms with Crippen LogP contribution in [0.25, 0.3) is 5.70 Å². The van der Waals surface area contributed by atoms with Crippen LogP contribution in [-0.4, -0.2) is 28.6 Å². The fraction of sp³-hybridized carbons (Fsp3) is 0.378. The summed E-state index contributed by atoms with van der Waals surface area (Å²) in [5.74, 6) is -0.302. The molecular weight excluding hydrogens is 566 g/mol. The molecule has 0 radical (unpaired) electrons. The standard InChI is InChI=1S/C37H43N3O5/c1-25-27(21-22-33(41)45-37(2,3)4)15-10-16-31(25)38-35(42)34(29-13-8-9-14-29)30-19-17-26(18-20-30)23-40-36(43)44-24-32(39-40)28-11-6-5-7-12-28/h5-7,10-12,15-20,24,29,34,39H,8-9,13-14,21-23H2,1-4H3,(H,38,42). The van der Waals surface area contributed by atoms with Crippen molar-refractivity contribution in [1.29, 1.82) is 0 Å². The van der Waals surface area contributed by atoms with Crippen LogP contribution in [0.4, 0.5) is 10.5 Å². The van der Waals surface area contributed by atoms with Crippen LogP contribution in [0.15, 0.2) is 79.1 Å². The number of hydrazine groups is 1. The molecule has 2 aliphatic rings. The maximum Gasteiger partial charge on any atom is 0.433 e. The molecule has 0 spiro atoms. The van der Waals surface area contributed by atoms with Gasteiger partial charge in [-0.25, -0.2) is 9.80 Å². The van der Waals surface area contributed by atoms with Gasteiger partial charge in [0.05, 0.1) is 18.2 Å². The fourth-order valence-electron chi connectivity index (χ4n) is 6.12. The summed E-state index contributed by atoms with van der Waals surface area (Å²) in [5.41, 5.74) is 8.86. The molecule has 2 N–H and O–H groups in total. The number of rotatable bonds is 10. The molecule has 45 heavy (non-hydrogen) atoms. The van der Waals surface area contributed by atoms with Gasteiger partial charge in [0.2, 0.25) is 5.91 Å². The minimum Gasteiger partial charge on any atom is -0.460 e. The number of nitrogens with one attached hydrogen (secondary N) is 2. The van der Waals surface area contributed by atoms with E-state index in [0.717, 1.165) is 59.2 Å². The summed E-state index contributed by atoms with van der Waals surface area (Å²) in [6, 6.07) is 23.5. The van der Waals surface area contributed by atoms with Crippen LogP contribution in [0.2, 0.25) is 0 Å². The SMILES string of the molecule is Cc1c(CCC(=O)OC(C)(C)C)cccc1NC(=O)C(c1ccc(CN2NC(c3ccccc3)=COC2=O)cc1)C1CCCC1. The minimum absolute atomic E-state index is 0.0269. The van der Waals surface area contributed by atoms with Gasteiger partial charge >= 0.3 is 12.1 Å². The largest absolute Gasteiger partial charge is 0.460 e. The third kappa shape index (κ3) is 8.32. The van der Waals surface area contributed by atoms with Gasteiger partial charge in [-0.3, -0.25) is 15.0 Å². The van der Waals surface area contributed by atoms with Gasteiger partial charge in [-0.05, 0) is 81.2 Å². The van der Waals surface area contributed by atoms with Gasteiger partial charge in [-0.1, -0.05) is 79.6 Å². The zero-order chi connectivity index (χ0) is 32.0. The van der Waals surface area contributed by atoms with Crippen molar-refractivity contribution in [3.05, 3.63) is 107 Å². The van der Waals surface area contributed by atoms with Crippen LogP contribution in [-0.2, 0) is 32.0 Å². The Morgan fingerprint density at radius 3 is 2.40 bits per heavy atom. The molecular formula is C37H43N3O5. The van der Waals surface area contributed by atoms with E-state index >= 15 is 0 Å². The van der Waals surface area contributed by atoms with Crippen molar-refractivity contribution in [3.63, 3.8) is 0 Å². The first-order chi connectivity index (χ1) is 21.6. The number of ether oxygens (including phenoxy) is 2. The maximum absolute atomic E-state index is 13.9. The van der Waals surface area contributed by atoms with E-state index in [-0.39, 0.29) is 30.1 Å². The zero-order valence-corrected chi connectivity index (χ0v) is 26.6. The van der Waals surface area contributed by atoms with Gasteiger partial charge in [0.25, 0.3) is 0 Å². The van der Waals surface area contributed by atoms with Gasteiger partial charge < -0.3 is 14.8 Å². The quantitative estimate of drug-likeness (QED) is 0.229. The van der Waals surface area contributed by atoms with Crippen LogP contribution >= 0.6 is 0 Å². The molecule has 3 aromatic carbocycles. The first kappa shape index (κ1) is 31.8. The van der Waals surface area contributed by atoms with Crippen molar-refractivity contribution in [1.82, 2.24) is 10.4 Å². The first-order valence-electron chi connectivity index (χ1n) is 15.8. The number of hydrogen-bond donors (Lipinski definition) is 2. The highest BCUT2D eigenvalue weighted by Crippen LogP contribution is 2.38. The molecule has 5 rings (SSSR count). The predicted octanol–water partition coefficient (Wildman–Crippen LogP) is 7.64. The number of aryl methyl sites for hydroxylation is 1. The number of amides is 2. The second kappa shape index (κ2) is 14.0. The Bertz CT molecular complexity index is 1540. The van der Waals surface area contributed by atoms with Crippen molar-refractivity contribution in [2.24, 2.45) is 5.92 Å². The Balaban J connectivity index is 1.27. The van der Waals surface area contributed by atoms with E-state index in [4.69, 9.17) is 9.47 Å². The topological polar surface area (TPSA) is 97.0 Å². The Morgan fingerprint density at radius 2 is 1.71 bits per heavy atom. The van der Waals surface area contributed by atoms with Crippen LogP contribution in [0, 0.1) is 12.8 Å². The van der Waals surface area contributed by atoms with Crippen LogP contribution in [0.5, 0.6) is 0 Å². The molecule has 8 nitrogen and oxygen atoms in total. The lowest BCUT2D eigenvalue weighted by Crippen LogP contribution is -2.43. The number of anilines is 1. The monoisotopic (exact) mass is 609 g/mol. The molecule has 1 unspecified atom stereocenters. The normalized spacial score (nSPS) is 16.0. The molecule has 0 bridgehead atoms. The Morgan fingerprint density at radius 1 is 1.00 bits per heavy atom. The van der Waals surface area contributed by atoms with Crippen molar-refractivity contribution >= 4 is 29.4 Å².